The quantitative estimate of drug-likeness (QED) is 0.684. The van der Waals surface area contributed by atoms with E-state index in [4.69, 9.17) is 5.26 Å². The molecule has 3 unspecified atom stereocenters. The number of nitrogens with zero attached hydrogens (tertiary/aromatic N) is 1. The third-order valence-corrected chi connectivity index (χ3v) is 3.36. The number of hydrogen-bond donors (Lipinski definition) is 2. The van der Waals surface area contributed by atoms with Gasteiger partial charge in [-0.1, -0.05) is 0 Å². The summed E-state index contributed by atoms with van der Waals surface area (Å²) < 4.78 is 0. The molecule has 1 saturated heterocycles. The molecule has 2 rings (SSSR count). The van der Waals surface area contributed by atoms with Gasteiger partial charge in [0, 0.05) is 19.0 Å². The van der Waals surface area contributed by atoms with Crippen molar-refractivity contribution in [3.8, 4) is 6.07 Å². The number of nitriles is 1. The minimum atomic E-state index is -0.257. The topological polar surface area (TPSA) is 82.0 Å². The molecule has 2 aliphatic rings. The Morgan fingerprint density at radius 3 is 2.94 bits per heavy atom. The van der Waals surface area contributed by atoms with Crippen molar-refractivity contribution in [1.29, 1.82) is 5.26 Å². The van der Waals surface area contributed by atoms with Gasteiger partial charge in [-0.15, -0.1) is 0 Å². The van der Waals surface area contributed by atoms with Gasteiger partial charge in [-0.3, -0.25) is 9.59 Å². The molecule has 2 N–H and O–H groups in total. The molecular formula is C11H15N3O2. The highest BCUT2D eigenvalue weighted by atomic mass is 16.2. The van der Waals surface area contributed by atoms with Crippen LogP contribution in [-0.4, -0.2) is 24.4 Å². The Hall–Kier alpha value is -1.57. The fourth-order valence-corrected chi connectivity index (χ4v) is 2.38. The lowest BCUT2D eigenvalue weighted by Crippen LogP contribution is -2.41. The molecule has 0 aromatic carbocycles. The molecule has 2 amide bonds. The molecule has 0 spiro atoms. The van der Waals surface area contributed by atoms with Crippen molar-refractivity contribution >= 4 is 11.8 Å². The molecule has 0 aromatic rings. The molecule has 0 bridgehead atoms. The van der Waals surface area contributed by atoms with E-state index in [-0.39, 0.29) is 36.1 Å². The monoisotopic (exact) mass is 221 g/mol. The van der Waals surface area contributed by atoms with Crippen LogP contribution in [0.15, 0.2) is 0 Å². The zero-order chi connectivity index (χ0) is 11.5. The zero-order valence-corrected chi connectivity index (χ0v) is 9.03. The number of hydrogen-bond acceptors (Lipinski definition) is 3. The Morgan fingerprint density at radius 2 is 2.31 bits per heavy atom. The van der Waals surface area contributed by atoms with Crippen LogP contribution in [0.1, 0.15) is 25.7 Å². The van der Waals surface area contributed by atoms with Gasteiger partial charge in [0.2, 0.25) is 11.8 Å². The summed E-state index contributed by atoms with van der Waals surface area (Å²) in [5.41, 5.74) is 0. The molecular weight excluding hydrogens is 206 g/mol. The maximum atomic E-state index is 11.8. The summed E-state index contributed by atoms with van der Waals surface area (Å²) in [6, 6.07) is 2.20. The second-order valence-electron chi connectivity index (χ2n) is 4.49. The normalized spacial score (nSPS) is 33.2. The van der Waals surface area contributed by atoms with Crippen LogP contribution in [0.2, 0.25) is 0 Å². The molecule has 86 valence electrons. The molecule has 0 radical (unpaired) electrons. The van der Waals surface area contributed by atoms with Gasteiger partial charge < -0.3 is 10.6 Å². The van der Waals surface area contributed by atoms with Crippen LogP contribution in [0.4, 0.5) is 0 Å². The fraction of sp³-hybridized carbons (Fsp3) is 0.727. The third kappa shape index (κ3) is 2.16. The predicted octanol–water partition coefficient (Wildman–Crippen LogP) is -0.0690. The van der Waals surface area contributed by atoms with E-state index in [0.717, 1.165) is 19.3 Å². The number of carbonyl (C=O) groups excluding carboxylic acids is 2. The highest BCUT2D eigenvalue weighted by molar-refractivity contribution is 5.89. The van der Waals surface area contributed by atoms with Crippen molar-refractivity contribution in [3.05, 3.63) is 0 Å². The lowest BCUT2D eigenvalue weighted by atomic mass is 10.0. The summed E-state index contributed by atoms with van der Waals surface area (Å²) in [6.45, 7) is 0.425. The number of amides is 2. The van der Waals surface area contributed by atoms with Crippen LogP contribution >= 0.6 is 0 Å². The zero-order valence-electron chi connectivity index (χ0n) is 9.03. The molecule has 16 heavy (non-hydrogen) atoms. The van der Waals surface area contributed by atoms with Crippen LogP contribution < -0.4 is 10.6 Å². The van der Waals surface area contributed by atoms with E-state index in [2.05, 4.69) is 16.7 Å². The van der Waals surface area contributed by atoms with Gasteiger partial charge in [-0.2, -0.15) is 5.26 Å². The molecule has 1 saturated carbocycles. The van der Waals surface area contributed by atoms with Crippen LogP contribution in [0, 0.1) is 23.2 Å². The lowest BCUT2D eigenvalue weighted by molar-refractivity contribution is -0.127. The van der Waals surface area contributed by atoms with Crippen molar-refractivity contribution in [3.63, 3.8) is 0 Å². The SMILES string of the molecule is N#CC1CCCC1NC(=O)C1CNC(=O)C1. The molecule has 1 aliphatic carbocycles. The summed E-state index contributed by atoms with van der Waals surface area (Å²) in [4.78, 5) is 22.8. The van der Waals surface area contributed by atoms with E-state index in [1.807, 2.05) is 0 Å². The molecule has 2 fully saturated rings. The highest BCUT2D eigenvalue weighted by Crippen LogP contribution is 2.25. The summed E-state index contributed by atoms with van der Waals surface area (Å²) in [6.07, 6.45) is 3.00. The average molecular weight is 221 g/mol. The van der Waals surface area contributed by atoms with E-state index in [1.165, 1.54) is 0 Å². The summed E-state index contributed by atoms with van der Waals surface area (Å²) in [7, 11) is 0. The first-order chi connectivity index (χ1) is 7.70. The molecule has 1 aliphatic heterocycles. The van der Waals surface area contributed by atoms with Gasteiger partial charge in [0.25, 0.3) is 0 Å². The van der Waals surface area contributed by atoms with Crippen molar-refractivity contribution in [2.24, 2.45) is 11.8 Å². The standard InChI is InChI=1S/C11H15N3O2/c12-5-7-2-1-3-9(7)14-11(16)8-4-10(15)13-6-8/h7-9H,1-4,6H2,(H,13,15)(H,14,16). The number of rotatable bonds is 2. The van der Waals surface area contributed by atoms with E-state index in [9.17, 15) is 9.59 Å². The maximum Gasteiger partial charge on any atom is 0.225 e. The maximum absolute atomic E-state index is 11.8. The van der Waals surface area contributed by atoms with Crippen LogP contribution in [0.5, 0.6) is 0 Å². The van der Waals surface area contributed by atoms with Gasteiger partial charge in [0.15, 0.2) is 0 Å². The largest absolute Gasteiger partial charge is 0.355 e. The Labute approximate surface area is 94.2 Å². The molecule has 1 heterocycles. The van der Waals surface area contributed by atoms with Gasteiger partial charge in [0.1, 0.15) is 0 Å². The van der Waals surface area contributed by atoms with Gasteiger partial charge >= 0.3 is 0 Å². The molecule has 5 heteroatoms. The fourth-order valence-electron chi connectivity index (χ4n) is 2.38. The Morgan fingerprint density at radius 1 is 1.50 bits per heavy atom. The van der Waals surface area contributed by atoms with Gasteiger partial charge in [0.05, 0.1) is 17.9 Å². The second kappa shape index (κ2) is 4.52. The number of nitrogens with one attached hydrogen (secondary N) is 2. The van der Waals surface area contributed by atoms with Crippen LogP contribution in [-0.2, 0) is 9.59 Å². The first-order valence-corrected chi connectivity index (χ1v) is 5.67. The predicted molar refractivity (Wildman–Crippen MR) is 56.0 cm³/mol. The second-order valence-corrected chi connectivity index (χ2v) is 4.49. The smallest absolute Gasteiger partial charge is 0.225 e. The van der Waals surface area contributed by atoms with E-state index < -0.39 is 0 Å². The van der Waals surface area contributed by atoms with E-state index >= 15 is 0 Å². The van der Waals surface area contributed by atoms with E-state index in [0.29, 0.717) is 6.54 Å². The average Bonchev–Trinajstić information content (AvgIpc) is 2.86. The third-order valence-electron chi connectivity index (χ3n) is 3.36. The van der Waals surface area contributed by atoms with Crippen molar-refractivity contribution in [2.75, 3.05) is 6.54 Å². The Balaban J connectivity index is 1.87. The highest BCUT2D eigenvalue weighted by Gasteiger charge is 2.33. The molecule has 0 aromatic heterocycles. The Kier molecular flexibility index (Phi) is 3.09. The van der Waals surface area contributed by atoms with Crippen molar-refractivity contribution in [2.45, 2.75) is 31.7 Å². The number of carbonyl (C=O) groups is 2. The van der Waals surface area contributed by atoms with Crippen LogP contribution in [0.3, 0.4) is 0 Å². The van der Waals surface area contributed by atoms with Gasteiger partial charge in [-0.05, 0) is 19.3 Å². The first kappa shape index (κ1) is 10.9. The van der Waals surface area contributed by atoms with Crippen LogP contribution in [0.25, 0.3) is 0 Å². The lowest BCUT2D eigenvalue weighted by Gasteiger charge is -2.17. The van der Waals surface area contributed by atoms with Crippen molar-refractivity contribution < 1.29 is 9.59 Å². The Bertz CT molecular complexity index is 348. The summed E-state index contributed by atoms with van der Waals surface area (Å²) in [5.74, 6) is -0.477. The van der Waals surface area contributed by atoms with E-state index in [1.54, 1.807) is 0 Å². The molecule has 5 nitrogen and oxygen atoms in total. The summed E-state index contributed by atoms with van der Waals surface area (Å²) in [5, 5.41) is 14.4. The minimum absolute atomic E-state index is 0.0202. The van der Waals surface area contributed by atoms with Crippen molar-refractivity contribution in [1.82, 2.24) is 10.6 Å². The molecule has 3 atom stereocenters. The van der Waals surface area contributed by atoms with Gasteiger partial charge in [-0.25, -0.2) is 0 Å². The minimum Gasteiger partial charge on any atom is -0.355 e. The first-order valence-electron chi connectivity index (χ1n) is 5.67. The summed E-state index contributed by atoms with van der Waals surface area (Å²) >= 11 is 0.